The Kier molecular flexibility index (Phi) is 5.96. The Morgan fingerprint density at radius 1 is 0.275 bits per heavy atom. The Bertz CT molecular complexity index is 3070. The number of hydrogen-bond donors (Lipinski definition) is 0. The standard InChI is InChI=1S/C48H30N2O/c1-3-13-31(14-4-1)33-25-34(32-15-5-2-6-16-32)27-36(26-33)50-44-21-11-8-18-38(44)42-29-41-37-17-7-10-20-43(37)49(45(41)30-46(42)50)35-23-24-40-39-19-9-12-22-47(39)51-48(40)28-35/h1-30H. The summed E-state index contributed by atoms with van der Waals surface area (Å²) in [6.45, 7) is 0. The molecule has 0 fully saturated rings. The first-order valence-electron chi connectivity index (χ1n) is 17.4. The minimum Gasteiger partial charge on any atom is -0.456 e. The van der Waals surface area contributed by atoms with Crippen molar-refractivity contribution in [1.29, 1.82) is 0 Å². The summed E-state index contributed by atoms with van der Waals surface area (Å²) < 4.78 is 11.2. The van der Waals surface area contributed by atoms with Gasteiger partial charge in [-0.1, -0.05) is 115 Å². The molecule has 0 aliphatic rings. The molecule has 8 aromatic carbocycles. The fraction of sp³-hybridized carbons (Fsp3) is 0. The predicted octanol–water partition coefficient (Wildman–Crippen LogP) is 13.1. The van der Waals surface area contributed by atoms with Crippen molar-refractivity contribution in [2.24, 2.45) is 0 Å². The molecule has 0 aliphatic heterocycles. The van der Waals surface area contributed by atoms with Crippen molar-refractivity contribution in [1.82, 2.24) is 9.13 Å². The molecule has 11 aromatic rings. The molecular formula is C48H30N2O. The summed E-state index contributed by atoms with van der Waals surface area (Å²) >= 11 is 0. The Labute approximate surface area is 293 Å². The maximum absolute atomic E-state index is 6.38. The van der Waals surface area contributed by atoms with Crippen LogP contribution in [-0.4, -0.2) is 9.13 Å². The highest BCUT2D eigenvalue weighted by Gasteiger charge is 2.20. The lowest BCUT2D eigenvalue weighted by atomic mass is 9.98. The molecule has 0 aliphatic carbocycles. The topological polar surface area (TPSA) is 23.0 Å². The van der Waals surface area contributed by atoms with Gasteiger partial charge in [-0.3, -0.25) is 0 Å². The van der Waals surface area contributed by atoms with Crippen LogP contribution in [0, 0.1) is 0 Å². The molecule has 0 N–H and O–H groups in total. The monoisotopic (exact) mass is 650 g/mol. The third-order valence-corrected chi connectivity index (χ3v) is 10.5. The smallest absolute Gasteiger partial charge is 0.137 e. The average molecular weight is 651 g/mol. The number of para-hydroxylation sites is 3. The van der Waals surface area contributed by atoms with Crippen molar-refractivity contribution < 1.29 is 4.42 Å². The summed E-state index contributed by atoms with van der Waals surface area (Å²) in [5, 5.41) is 7.20. The lowest BCUT2D eigenvalue weighted by Crippen LogP contribution is -1.97. The molecule has 0 atom stereocenters. The van der Waals surface area contributed by atoms with Crippen LogP contribution in [0.4, 0.5) is 0 Å². The van der Waals surface area contributed by atoms with Crippen molar-refractivity contribution in [3.05, 3.63) is 182 Å². The van der Waals surface area contributed by atoms with Crippen LogP contribution in [0.5, 0.6) is 0 Å². The number of aromatic nitrogens is 2. The van der Waals surface area contributed by atoms with E-state index in [-0.39, 0.29) is 0 Å². The molecule has 0 unspecified atom stereocenters. The first kappa shape index (κ1) is 28.0. The van der Waals surface area contributed by atoms with Gasteiger partial charge in [-0.25, -0.2) is 0 Å². The minimum atomic E-state index is 0.890. The fourth-order valence-corrected chi connectivity index (χ4v) is 8.18. The number of nitrogens with zero attached hydrogens (tertiary/aromatic N) is 2. The number of fused-ring (bicyclic) bond motifs is 9. The highest BCUT2D eigenvalue weighted by molar-refractivity contribution is 6.19. The van der Waals surface area contributed by atoms with Gasteiger partial charge in [0.2, 0.25) is 0 Å². The van der Waals surface area contributed by atoms with Crippen LogP contribution in [0.15, 0.2) is 186 Å². The summed E-state index contributed by atoms with van der Waals surface area (Å²) in [7, 11) is 0. The zero-order valence-corrected chi connectivity index (χ0v) is 27.6. The van der Waals surface area contributed by atoms with Crippen molar-refractivity contribution in [3.8, 4) is 33.6 Å². The van der Waals surface area contributed by atoms with E-state index < -0.39 is 0 Å². The average Bonchev–Trinajstić information content (AvgIpc) is 3.84. The van der Waals surface area contributed by atoms with Gasteiger partial charge in [0, 0.05) is 49.8 Å². The molecule has 0 radical (unpaired) electrons. The first-order valence-corrected chi connectivity index (χ1v) is 17.4. The Balaban J connectivity index is 1.23. The van der Waals surface area contributed by atoms with Gasteiger partial charge in [-0.15, -0.1) is 0 Å². The Hall–Kier alpha value is -6.84. The second kappa shape index (κ2) is 10.8. The van der Waals surface area contributed by atoms with Crippen LogP contribution >= 0.6 is 0 Å². The predicted molar refractivity (Wildman–Crippen MR) is 213 cm³/mol. The SMILES string of the molecule is c1ccc(-c2cc(-c3ccccc3)cc(-n3c4ccccc4c4cc5c6ccccc6n(-c6ccc7c(c6)oc6ccccc67)c5cc43)c2)cc1. The molecule has 0 spiro atoms. The molecule has 0 bridgehead atoms. The minimum absolute atomic E-state index is 0.890. The van der Waals surface area contributed by atoms with Gasteiger partial charge in [0.15, 0.2) is 0 Å². The summed E-state index contributed by atoms with van der Waals surface area (Å²) in [5.41, 5.74) is 13.5. The third kappa shape index (κ3) is 4.25. The number of benzene rings is 8. The Morgan fingerprint density at radius 2 is 0.784 bits per heavy atom. The Morgan fingerprint density at radius 3 is 1.41 bits per heavy atom. The van der Waals surface area contributed by atoms with E-state index in [1.807, 2.05) is 12.1 Å². The molecule has 0 amide bonds. The van der Waals surface area contributed by atoms with E-state index in [2.05, 4.69) is 179 Å². The summed E-state index contributed by atoms with van der Waals surface area (Å²) in [5.74, 6) is 0. The van der Waals surface area contributed by atoms with E-state index in [1.165, 1.54) is 60.3 Å². The molecular weight excluding hydrogens is 621 g/mol. The van der Waals surface area contributed by atoms with Crippen molar-refractivity contribution in [2.75, 3.05) is 0 Å². The zero-order valence-electron chi connectivity index (χ0n) is 27.6. The van der Waals surface area contributed by atoms with E-state index in [0.717, 1.165) is 38.8 Å². The highest BCUT2D eigenvalue weighted by atomic mass is 16.3. The molecule has 3 aromatic heterocycles. The van der Waals surface area contributed by atoms with Crippen LogP contribution in [0.1, 0.15) is 0 Å². The van der Waals surface area contributed by atoms with E-state index >= 15 is 0 Å². The van der Waals surface area contributed by atoms with Crippen LogP contribution in [-0.2, 0) is 0 Å². The van der Waals surface area contributed by atoms with Crippen LogP contribution in [0.25, 0.3) is 99.2 Å². The molecule has 3 nitrogen and oxygen atoms in total. The molecule has 0 saturated carbocycles. The largest absolute Gasteiger partial charge is 0.456 e. The second-order valence-corrected chi connectivity index (χ2v) is 13.4. The van der Waals surface area contributed by atoms with Gasteiger partial charge in [-0.05, 0) is 82.9 Å². The van der Waals surface area contributed by atoms with E-state index in [1.54, 1.807) is 0 Å². The normalized spacial score (nSPS) is 11.9. The van der Waals surface area contributed by atoms with E-state index in [4.69, 9.17) is 4.42 Å². The summed E-state index contributed by atoms with van der Waals surface area (Å²) in [6.07, 6.45) is 0. The van der Waals surface area contributed by atoms with Gasteiger partial charge >= 0.3 is 0 Å². The first-order chi connectivity index (χ1) is 25.3. The van der Waals surface area contributed by atoms with Gasteiger partial charge in [-0.2, -0.15) is 0 Å². The summed E-state index contributed by atoms with van der Waals surface area (Å²) in [6, 6.07) is 65.6. The van der Waals surface area contributed by atoms with Crippen molar-refractivity contribution >= 4 is 65.6 Å². The fourth-order valence-electron chi connectivity index (χ4n) is 8.18. The quantitative estimate of drug-likeness (QED) is 0.186. The van der Waals surface area contributed by atoms with Crippen molar-refractivity contribution in [3.63, 3.8) is 0 Å². The maximum Gasteiger partial charge on any atom is 0.137 e. The molecule has 3 heterocycles. The molecule has 11 rings (SSSR count). The third-order valence-electron chi connectivity index (χ3n) is 10.5. The van der Waals surface area contributed by atoms with Gasteiger partial charge in [0.05, 0.1) is 22.1 Å². The highest BCUT2D eigenvalue weighted by Crippen LogP contribution is 2.41. The summed E-state index contributed by atoms with van der Waals surface area (Å²) in [4.78, 5) is 0. The number of hydrogen-bond acceptors (Lipinski definition) is 1. The lowest BCUT2D eigenvalue weighted by molar-refractivity contribution is 0.668. The van der Waals surface area contributed by atoms with Gasteiger partial charge < -0.3 is 13.6 Å². The van der Waals surface area contributed by atoms with Crippen LogP contribution < -0.4 is 0 Å². The molecule has 3 heteroatoms. The second-order valence-electron chi connectivity index (χ2n) is 13.4. The number of rotatable bonds is 4. The zero-order chi connectivity index (χ0) is 33.5. The van der Waals surface area contributed by atoms with E-state index in [9.17, 15) is 0 Å². The van der Waals surface area contributed by atoms with Crippen LogP contribution in [0.2, 0.25) is 0 Å². The van der Waals surface area contributed by atoms with Crippen LogP contribution in [0.3, 0.4) is 0 Å². The molecule has 0 saturated heterocycles. The van der Waals surface area contributed by atoms with E-state index in [0.29, 0.717) is 0 Å². The maximum atomic E-state index is 6.38. The van der Waals surface area contributed by atoms with Crippen molar-refractivity contribution in [2.45, 2.75) is 0 Å². The lowest BCUT2D eigenvalue weighted by Gasteiger charge is -2.14. The number of furan rings is 1. The molecule has 238 valence electrons. The van der Waals surface area contributed by atoms with Gasteiger partial charge in [0.1, 0.15) is 11.2 Å². The van der Waals surface area contributed by atoms with Gasteiger partial charge in [0.25, 0.3) is 0 Å². The molecule has 51 heavy (non-hydrogen) atoms.